The summed E-state index contributed by atoms with van der Waals surface area (Å²) in [6, 6.07) is 0. The molecule has 0 aromatic rings. The van der Waals surface area contributed by atoms with Crippen LogP contribution in [0.4, 0.5) is 0 Å². The van der Waals surface area contributed by atoms with Gasteiger partial charge in [-0.3, -0.25) is 9.59 Å². The molecule has 1 amide bonds. The highest BCUT2D eigenvalue weighted by Gasteiger charge is 2.55. The van der Waals surface area contributed by atoms with Crippen LogP contribution in [0.15, 0.2) is 0 Å². The summed E-state index contributed by atoms with van der Waals surface area (Å²) in [6.45, 7) is 0.516. The Morgan fingerprint density at radius 3 is 2.50 bits per heavy atom. The molecule has 0 aromatic heterocycles. The van der Waals surface area contributed by atoms with Gasteiger partial charge in [-0.1, -0.05) is 12.8 Å². The molecular weight excluding hydrogens is 182 g/mol. The Morgan fingerprint density at radius 2 is 2.07 bits per heavy atom. The molecule has 14 heavy (non-hydrogen) atoms. The molecular formula is C10H15NO3. The Morgan fingerprint density at radius 1 is 1.43 bits per heavy atom. The summed E-state index contributed by atoms with van der Waals surface area (Å²) in [5.41, 5.74) is -1.10. The fraction of sp³-hybridized carbons (Fsp3) is 0.800. The van der Waals surface area contributed by atoms with Crippen LogP contribution in [-0.4, -0.2) is 23.5 Å². The van der Waals surface area contributed by atoms with Crippen LogP contribution < -0.4 is 5.32 Å². The van der Waals surface area contributed by atoms with Crippen molar-refractivity contribution in [2.75, 3.05) is 6.54 Å². The number of carboxylic acids is 1. The molecule has 1 saturated heterocycles. The SMILES string of the molecule is O=C(O)[C@]1(C2CCCC2)CCNC1=O. The molecule has 0 aromatic carbocycles. The number of rotatable bonds is 2. The van der Waals surface area contributed by atoms with Gasteiger partial charge in [0, 0.05) is 6.54 Å². The first-order valence-corrected chi connectivity index (χ1v) is 5.19. The average Bonchev–Trinajstić information content (AvgIpc) is 2.72. The Bertz CT molecular complexity index is 271. The van der Waals surface area contributed by atoms with E-state index < -0.39 is 11.4 Å². The van der Waals surface area contributed by atoms with Crippen molar-refractivity contribution >= 4 is 11.9 Å². The first-order valence-electron chi connectivity index (χ1n) is 5.19. The van der Waals surface area contributed by atoms with Crippen molar-refractivity contribution in [3.63, 3.8) is 0 Å². The van der Waals surface area contributed by atoms with Crippen molar-refractivity contribution in [3.8, 4) is 0 Å². The summed E-state index contributed by atoms with van der Waals surface area (Å²) in [5, 5.41) is 11.9. The molecule has 1 saturated carbocycles. The van der Waals surface area contributed by atoms with Gasteiger partial charge in [0.25, 0.3) is 0 Å². The first-order chi connectivity index (χ1) is 6.68. The van der Waals surface area contributed by atoms with E-state index in [0.717, 1.165) is 25.7 Å². The molecule has 2 fully saturated rings. The highest BCUT2D eigenvalue weighted by atomic mass is 16.4. The van der Waals surface area contributed by atoms with Crippen LogP contribution in [0.5, 0.6) is 0 Å². The number of nitrogens with one attached hydrogen (secondary N) is 1. The van der Waals surface area contributed by atoms with Crippen LogP contribution in [0.25, 0.3) is 0 Å². The maximum Gasteiger partial charge on any atom is 0.319 e. The van der Waals surface area contributed by atoms with Gasteiger partial charge in [-0.05, 0) is 25.2 Å². The van der Waals surface area contributed by atoms with Gasteiger partial charge < -0.3 is 10.4 Å². The van der Waals surface area contributed by atoms with E-state index in [0.29, 0.717) is 13.0 Å². The third kappa shape index (κ3) is 1.13. The second-order valence-corrected chi connectivity index (χ2v) is 4.26. The quantitative estimate of drug-likeness (QED) is 0.642. The molecule has 2 aliphatic rings. The van der Waals surface area contributed by atoms with E-state index >= 15 is 0 Å². The van der Waals surface area contributed by atoms with Gasteiger partial charge in [-0.15, -0.1) is 0 Å². The topological polar surface area (TPSA) is 66.4 Å². The molecule has 2 rings (SSSR count). The molecule has 0 bridgehead atoms. The number of carboxylic acid groups (broad SMARTS) is 1. The first kappa shape index (κ1) is 9.49. The van der Waals surface area contributed by atoms with Crippen LogP contribution >= 0.6 is 0 Å². The predicted octanol–water partition coefficient (Wildman–Crippen LogP) is 0.767. The van der Waals surface area contributed by atoms with Crippen molar-refractivity contribution in [2.45, 2.75) is 32.1 Å². The van der Waals surface area contributed by atoms with Gasteiger partial charge in [-0.25, -0.2) is 0 Å². The molecule has 0 radical (unpaired) electrons. The van der Waals surface area contributed by atoms with Crippen LogP contribution in [0, 0.1) is 11.3 Å². The fourth-order valence-electron chi connectivity index (χ4n) is 2.83. The molecule has 1 atom stereocenters. The standard InChI is InChI=1S/C10H15NO3/c12-8-10(9(13)14,5-6-11-8)7-3-1-2-4-7/h7H,1-6H2,(H,11,12)(H,13,14)/t10-/m0/s1. The lowest BCUT2D eigenvalue weighted by molar-refractivity contribution is -0.157. The summed E-state index contributed by atoms with van der Waals surface area (Å²) in [4.78, 5) is 22.9. The summed E-state index contributed by atoms with van der Waals surface area (Å²) in [5.74, 6) is -1.14. The number of hydrogen-bond donors (Lipinski definition) is 2. The van der Waals surface area contributed by atoms with E-state index in [1.54, 1.807) is 0 Å². The van der Waals surface area contributed by atoms with E-state index in [9.17, 15) is 14.7 Å². The zero-order chi connectivity index (χ0) is 10.2. The normalized spacial score (nSPS) is 33.3. The average molecular weight is 197 g/mol. The van der Waals surface area contributed by atoms with E-state index in [-0.39, 0.29) is 11.8 Å². The molecule has 78 valence electrons. The van der Waals surface area contributed by atoms with Crippen molar-refractivity contribution in [1.29, 1.82) is 0 Å². The lowest BCUT2D eigenvalue weighted by Gasteiger charge is -2.27. The summed E-state index contributed by atoms with van der Waals surface area (Å²) in [7, 11) is 0. The minimum atomic E-state index is -1.10. The van der Waals surface area contributed by atoms with Crippen molar-refractivity contribution in [2.24, 2.45) is 11.3 Å². The van der Waals surface area contributed by atoms with Gasteiger partial charge >= 0.3 is 5.97 Å². The lowest BCUT2D eigenvalue weighted by atomic mass is 9.73. The zero-order valence-corrected chi connectivity index (χ0v) is 8.08. The Balaban J connectivity index is 2.29. The van der Waals surface area contributed by atoms with E-state index in [2.05, 4.69) is 5.32 Å². The Labute approximate surface area is 82.7 Å². The van der Waals surface area contributed by atoms with Crippen LogP contribution in [0.1, 0.15) is 32.1 Å². The van der Waals surface area contributed by atoms with Gasteiger partial charge in [0.15, 0.2) is 5.41 Å². The maximum absolute atomic E-state index is 11.6. The van der Waals surface area contributed by atoms with Crippen molar-refractivity contribution < 1.29 is 14.7 Å². The van der Waals surface area contributed by atoms with E-state index in [1.165, 1.54) is 0 Å². The number of amides is 1. The van der Waals surface area contributed by atoms with Gasteiger partial charge in [0.05, 0.1) is 0 Å². The molecule has 4 nitrogen and oxygen atoms in total. The van der Waals surface area contributed by atoms with Crippen molar-refractivity contribution in [3.05, 3.63) is 0 Å². The number of carbonyl (C=O) groups excluding carboxylic acids is 1. The minimum Gasteiger partial charge on any atom is -0.480 e. The minimum absolute atomic E-state index is 0.0579. The smallest absolute Gasteiger partial charge is 0.319 e. The molecule has 1 heterocycles. The highest BCUT2D eigenvalue weighted by molar-refractivity contribution is 6.03. The fourth-order valence-corrected chi connectivity index (χ4v) is 2.83. The number of carbonyl (C=O) groups is 2. The number of aliphatic carboxylic acids is 1. The van der Waals surface area contributed by atoms with Crippen LogP contribution in [0.2, 0.25) is 0 Å². The van der Waals surface area contributed by atoms with Crippen LogP contribution in [-0.2, 0) is 9.59 Å². The zero-order valence-electron chi connectivity index (χ0n) is 8.08. The predicted molar refractivity (Wildman–Crippen MR) is 49.7 cm³/mol. The molecule has 2 N–H and O–H groups in total. The monoisotopic (exact) mass is 197 g/mol. The highest BCUT2D eigenvalue weighted by Crippen LogP contribution is 2.44. The summed E-state index contributed by atoms with van der Waals surface area (Å²) >= 11 is 0. The third-order valence-corrected chi connectivity index (χ3v) is 3.64. The molecule has 0 spiro atoms. The number of hydrogen-bond acceptors (Lipinski definition) is 2. The maximum atomic E-state index is 11.6. The lowest BCUT2D eigenvalue weighted by Crippen LogP contribution is -2.44. The largest absolute Gasteiger partial charge is 0.480 e. The third-order valence-electron chi connectivity index (χ3n) is 3.64. The van der Waals surface area contributed by atoms with Gasteiger partial charge in [-0.2, -0.15) is 0 Å². The van der Waals surface area contributed by atoms with Gasteiger partial charge in [0.2, 0.25) is 5.91 Å². The second kappa shape index (κ2) is 3.26. The Hall–Kier alpha value is -1.06. The van der Waals surface area contributed by atoms with Gasteiger partial charge in [0.1, 0.15) is 0 Å². The molecule has 0 unspecified atom stereocenters. The Kier molecular flexibility index (Phi) is 2.21. The molecule has 1 aliphatic heterocycles. The molecule has 1 aliphatic carbocycles. The van der Waals surface area contributed by atoms with Crippen LogP contribution in [0.3, 0.4) is 0 Å². The summed E-state index contributed by atoms with van der Waals surface area (Å²) < 4.78 is 0. The second-order valence-electron chi connectivity index (χ2n) is 4.26. The molecule has 4 heteroatoms. The van der Waals surface area contributed by atoms with E-state index in [1.807, 2.05) is 0 Å². The summed E-state index contributed by atoms with van der Waals surface area (Å²) in [6.07, 6.45) is 4.37. The van der Waals surface area contributed by atoms with Crippen molar-refractivity contribution in [1.82, 2.24) is 5.32 Å². The van der Waals surface area contributed by atoms with E-state index in [4.69, 9.17) is 0 Å².